The van der Waals surface area contributed by atoms with E-state index in [1.165, 1.54) is 35.5 Å². The van der Waals surface area contributed by atoms with Crippen molar-refractivity contribution in [2.75, 3.05) is 26.2 Å². The number of hydrogen-bond donors (Lipinski definition) is 1. The van der Waals surface area contributed by atoms with Crippen molar-refractivity contribution in [3.63, 3.8) is 0 Å². The first-order valence-corrected chi connectivity index (χ1v) is 9.43. The van der Waals surface area contributed by atoms with Gasteiger partial charge in [-0.2, -0.15) is 13.2 Å². The lowest BCUT2D eigenvalue weighted by molar-refractivity contribution is -0.272. The second kappa shape index (κ2) is 8.16. The molecule has 0 radical (unpaired) electrons. The Morgan fingerprint density at radius 2 is 1.83 bits per heavy atom. The van der Waals surface area contributed by atoms with Gasteiger partial charge in [-0.25, -0.2) is 4.98 Å². The van der Waals surface area contributed by atoms with Crippen LogP contribution in [-0.2, 0) is 24.0 Å². The molecule has 9 heteroatoms. The van der Waals surface area contributed by atoms with Gasteiger partial charge < -0.3 is 14.6 Å². The van der Waals surface area contributed by atoms with Gasteiger partial charge in [-0.05, 0) is 18.1 Å². The van der Waals surface area contributed by atoms with Crippen molar-refractivity contribution >= 4 is 5.91 Å². The van der Waals surface area contributed by atoms with Crippen LogP contribution in [0, 0.1) is 6.92 Å². The number of aromatic nitrogens is 2. The molecule has 2 aromatic rings. The van der Waals surface area contributed by atoms with Crippen LogP contribution in [0.2, 0.25) is 0 Å². The molecule has 1 aliphatic rings. The molecule has 0 spiro atoms. The van der Waals surface area contributed by atoms with Gasteiger partial charge in [0.05, 0.1) is 6.42 Å². The summed E-state index contributed by atoms with van der Waals surface area (Å²) in [6, 6.07) is 8.02. The van der Waals surface area contributed by atoms with E-state index in [0.29, 0.717) is 26.2 Å². The zero-order chi connectivity index (χ0) is 21.2. The van der Waals surface area contributed by atoms with E-state index in [1.54, 1.807) is 0 Å². The molecule has 158 valence electrons. The van der Waals surface area contributed by atoms with Gasteiger partial charge in [0.2, 0.25) is 11.5 Å². The topological polar surface area (TPSA) is 61.6 Å². The average Bonchev–Trinajstić information content (AvgIpc) is 3.09. The van der Waals surface area contributed by atoms with Crippen LogP contribution < -0.4 is 0 Å². The van der Waals surface area contributed by atoms with Gasteiger partial charge in [-0.15, -0.1) is 0 Å². The minimum atomic E-state index is -5.02. The molecule has 3 rings (SSSR count). The molecule has 1 unspecified atom stereocenters. The molecule has 1 aromatic heterocycles. The van der Waals surface area contributed by atoms with Gasteiger partial charge in [0.1, 0.15) is 0 Å². The number of piperazine rings is 1. The van der Waals surface area contributed by atoms with Gasteiger partial charge in [-0.1, -0.05) is 24.3 Å². The van der Waals surface area contributed by atoms with Crippen molar-refractivity contribution in [2.45, 2.75) is 31.7 Å². The van der Waals surface area contributed by atoms with E-state index < -0.39 is 29.9 Å². The van der Waals surface area contributed by atoms with Crippen molar-refractivity contribution in [1.29, 1.82) is 0 Å². The third-order valence-electron chi connectivity index (χ3n) is 5.45. The second-order valence-electron chi connectivity index (χ2n) is 7.48. The first-order chi connectivity index (χ1) is 13.6. The van der Waals surface area contributed by atoms with Crippen LogP contribution in [-0.4, -0.2) is 62.7 Å². The molecule has 1 aromatic carbocycles. The minimum Gasteiger partial charge on any atom is -0.374 e. The summed E-state index contributed by atoms with van der Waals surface area (Å²) in [6.07, 6.45) is -3.63. The molecule has 29 heavy (non-hydrogen) atoms. The number of rotatable bonds is 5. The summed E-state index contributed by atoms with van der Waals surface area (Å²) < 4.78 is 42.0. The van der Waals surface area contributed by atoms with E-state index in [1.807, 2.05) is 31.2 Å². The molecule has 0 bridgehead atoms. The molecule has 0 saturated carbocycles. The molecular weight excluding hydrogens is 385 g/mol. The van der Waals surface area contributed by atoms with Crippen molar-refractivity contribution in [2.24, 2.45) is 7.05 Å². The van der Waals surface area contributed by atoms with Gasteiger partial charge in [-0.3, -0.25) is 9.69 Å². The Morgan fingerprint density at radius 3 is 2.38 bits per heavy atom. The van der Waals surface area contributed by atoms with Crippen molar-refractivity contribution in [3.8, 4) is 0 Å². The van der Waals surface area contributed by atoms with E-state index in [-0.39, 0.29) is 0 Å². The number of halogens is 3. The maximum atomic E-state index is 13.6. The van der Waals surface area contributed by atoms with Crippen molar-refractivity contribution in [3.05, 3.63) is 53.6 Å². The maximum absolute atomic E-state index is 13.6. The van der Waals surface area contributed by atoms with Crippen molar-refractivity contribution < 1.29 is 23.1 Å². The molecule has 2 heterocycles. The highest BCUT2D eigenvalue weighted by Crippen LogP contribution is 2.41. The SMILES string of the molecule is Cc1ccccc1CN1CCN(C(=O)CC(O)(c2nccn2C)C(F)(F)F)CC1. The van der Waals surface area contributed by atoms with Gasteiger partial charge in [0, 0.05) is 52.2 Å². The second-order valence-corrected chi connectivity index (χ2v) is 7.48. The molecule has 6 nitrogen and oxygen atoms in total. The number of carbonyl (C=O) groups excluding carboxylic acids is 1. The number of hydrogen-bond acceptors (Lipinski definition) is 4. The van der Waals surface area contributed by atoms with E-state index >= 15 is 0 Å². The van der Waals surface area contributed by atoms with Crippen LogP contribution >= 0.6 is 0 Å². The summed E-state index contributed by atoms with van der Waals surface area (Å²) in [5.74, 6) is -1.32. The summed E-state index contributed by atoms with van der Waals surface area (Å²) in [7, 11) is 1.36. The first kappa shape index (κ1) is 21.3. The zero-order valence-electron chi connectivity index (χ0n) is 16.5. The fourth-order valence-electron chi connectivity index (χ4n) is 3.58. The Bertz CT molecular complexity index is 859. The quantitative estimate of drug-likeness (QED) is 0.821. The summed E-state index contributed by atoms with van der Waals surface area (Å²) in [6.45, 7) is 4.53. The van der Waals surface area contributed by atoms with Gasteiger partial charge in [0.15, 0.2) is 5.82 Å². The van der Waals surface area contributed by atoms with E-state index in [2.05, 4.69) is 9.88 Å². The summed E-state index contributed by atoms with van der Waals surface area (Å²) >= 11 is 0. The number of benzene rings is 1. The predicted molar refractivity (Wildman–Crippen MR) is 101 cm³/mol. The lowest BCUT2D eigenvalue weighted by Gasteiger charge is -2.37. The number of amides is 1. The molecule has 1 saturated heterocycles. The third-order valence-corrected chi connectivity index (χ3v) is 5.45. The van der Waals surface area contributed by atoms with Crippen molar-refractivity contribution in [1.82, 2.24) is 19.4 Å². The molecule has 1 aliphatic heterocycles. The van der Waals surface area contributed by atoms with Crippen LogP contribution in [0.5, 0.6) is 0 Å². The third kappa shape index (κ3) is 4.45. The Labute approximate surface area is 167 Å². The molecule has 1 amide bonds. The molecule has 0 aliphatic carbocycles. The zero-order valence-corrected chi connectivity index (χ0v) is 16.5. The predicted octanol–water partition coefficient (Wildman–Crippen LogP) is 2.21. The molecule has 1 N–H and O–H groups in total. The number of alkyl halides is 3. The highest BCUT2D eigenvalue weighted by Gasteiger charge is 2.59. The van der Waals surface area contributed by atoms with E-state index in [9.17, 15) is 23.1 Å². The Morgan fingerprint density at radius 1 is 1.17 bits per heavy atom. The number of aliphatic hydroxyl groups is 1. The van der Waals surface area contributed by atoms with Crippen LogP contribution in [0.15, 0.2) is 36.7 Å². The highest BCUT2D eigenvalue weighted by molar-refractivity contribution is 5.77. The fraction of sp³-hybridized carbons (Fsp3) is 0.500. The summed E-state index contributed by atoms with van der Waals surface area (Å²) in [5.41, 5.74) is -0.953. The monoisotopic (exact) mass is 410 g/mol. The van der Waals surface area contributed by atoms with Crippen LogP contribution in [0.4, 0.5) is 13.2 Å². The Hall–Kier alpha value is -2.39. The maximum Gasteiger partial charge on any atom is 0.425 e. The first-order valence-electron chi connectivity index (χ1n) is 9.43. The van der Waals surface area contributed by atoms with Gasteiger partial charge >= 0.3 is 6.18 Å². The van der Waals surface area contributed by atoms with Gasteiger partial charge in [0.25, 0.3) is 0 Å². The Kier molecular flexibility index (Phi) is 6.00. The standard InChI is InChI=1S/C20H25F3N4O2/c1-15-5-3-4-6-16(15)14-26-9-11-27(12-10-26)17(28)13-19(29,20(21,22)23)18-24-7-8-25(18)2/h3-8,29H,9-14H2,1-2H3. The van der Waals surface area contributed by atoms with E-state index in [0.717, 1.165) is 11.1 Å². The molecule has 1 atom stereocenters. The van der Waals surface area contributed by atoms with Crippen LogP contribution in [0.25, 0.3) is 0 Å². The van der Waals surface area contributed by atoms with Crippen LogP contribution in [0.1, 0.15) is 23.4 Å². The Balaban J connectivity index is 1.64. The summed E-state index contributed by atoms with van der Waals surface area (Å²) in [4.78, 5) is 19.8. The number of aryl methyl sites for hydroxylation is 2. The minimum absolute atomic E-state index is 0.319. The number of carbonyl (C=O) groups is 1. The number of nitrogens with zero attached hydrogens (tertiary/aromatic N) is 4. The lowest BCUT2D eigenvalue weighted by Crippen LogP contribution is -2.52. The fourth-order valence-corrected chi connectivity index (χ4v) is 3.58. The normalized spacial score (nSPS) is 17.9. The summed E-state index contributed by atoms with van der Waals surface area (Å²) in [5, 5.41) is 10.4. The molecule has 1 fully saturated rings. The average molecular weight is 410 g/mol. The molecular formula is C20H25F3N4O2. The van der Waals surface area contributed by atoms with Crippen LogP contribution in [0.3, 0.4) is 0 Å². The number of imidazole rings is 1. The largest absolute Gasteiger partial charge is 0.425 e. The highest BCUT2D eigenvalue weighted by atomic mass is 19.4. The van der Waals surface area contributed by atoms with E-state index in [4.69, 9.17) is 0 Å². The lowest BCUT2D eigenvalue weighted by atomic mass is 9.96. The smallest absolute Gasteiger partial charge is 0.374 e.